The van der Waals surface area contributed by atoms with E-state index in [1.54, 1.807) is 19.1 Å². The maximum absolute atomic E-state index is 13.0. The maximum atomic E-state index is 13.0. The van der Waals surface area contributed by atoms with Gasteiger partial charge in [0.05, 0.1) is 34.7 Å². The van der Waals surface area contributed by atoms with Crippen LogP contribution in [0, 0.1) is 17.8 Å². The van der Waals surface area contributed by atoms with Crippen LogP contribution >= 0.6 is 11.3 Å². The van der Waals surface area contributed by atoms with Crippen LogP contribution in [0.3, 0.4) is 0 Å². The van der Waals surface area contributed by atoms with Crippen LogP contribution in [0.2, 0.25) is 0 Å². The zero-order chi connectivity index (χ0) is 27.0. The SMILES string of the molecule is CCS(=O)(=O)c1ccc(CC(=O)Nc2nc3c(s2)CN(C[C@H]2CC[C@@H](C(F)(F)F)CC2)C3C(C)C)cc1. The van der Waals surface area contributed by atoms with Crippen molar-refractivity contribution in [3.05, 3.63) is 40.4 Å². The highest BCUT2D eigenvalue weighted by atomic mass is 32.2. The summed E-state index contributed by atoms with van der Waals surface area (Å²) in [7, 11) is -3.28. The fourth-order valence-electron chi connectivity index (χ4n) is 5.47. The molecule has 0 saturated heterocycles. The molecular formula is C26H34F3N3O3S2. The molecule has 1 saturated carbocycles. The summed E-state index contributed by atoms with van der Waals surface area (Å²) >= 11 is 1.45. The Morgan fingerprint density at radius 3 is 2.38 bits per heavy atom. The molecule has 0 spiro atoms. The molecular weight excluding hydrogens is 523 g/mol. The van der Waals surface area contributed by atoms with Crippen LogP contribution in [-0.2, 0) is 27.6 Å². The normalized spacial score (nSPS) is 22.8. The number of nitrogens with zero attached hydrogens (tertiary/aromatic N) is 2. The molecule has 6 nitrogen and oxygen atoms in total. The van der Waals surface area contributed by atoms with E-state index in [0.29, 0.717) is 30.1 Å². The second-order valence-corrected chi connectivity index (χ2v) is 13.8. The van der Waals surface area contributed by atoms with E-state index in [0.717, 1.165) is 17.1 Å². The van der Waals surface area contributed by atoms with Crippen molar-refractivity contribution in [2.75, 3.05) is 17.6 Å². The van der Waals surface area contributed by atoms with Gasteiger partial charge in [0, 0.05) is 18.0 Å². The minimum atomic E-state index is -4.09. The Labute approximate surface area is 220 Å². The summed E-state index contributed by atoms with van der Waals surface area (Å²) in [4.78, 5) is 21.0. The largest absolute Gasteiger partial charge is 0.391 e. The van der Waals surface area contributed by atoms with Crippen molar-refractivity contribution in [3.63, 3.8) is 0 Å². The molecule has 2 aromatic rings. The Bertz CT molecular complexity index is 1200. The number of amides is 1. The first-order chi connectivity index (χ1) is 17.4. The van der Waals surface area contributed by atoms with Gasteiger partial charge >= 0.3 is 6.18 Å². The van der Waals surface area contributed by atoms with Gasteiger partial charge in [0.15, 0.2) is 15.0 Å². The van der Waals surface area contributed by atoms with Crippen LogP contribution in [0.25, 0.3) is 0 Å². The highest BCUT2D eigenvalue weighted by Gasteiger charge is 2.43. The first-order valence-corrected chi connectivity index (χ1v) is 15.3. The lowest BCUT2D eigenvalue weighted by molar-refractivity contribution is -0.184. The third-order valence-electron chi connectivity index (χ3n) is 7.46. The lowest BCUT2D eigenvalue weighted by atomic mass is 9.81. The molecule has 2 aliphatic rings. The van der Waals surface area contributed by atoms with Crippen LogP contribution in [-0.4, -0.2) is 42.7 Å². The second-order valence-electron chi connectivity index (χ2n) is 10.5. The average molecular weight is 558 g/mol. The first kappa shape index (κ1) is 28.0. The molecule has 1 aromatic heterocycles. The number of benzene rings is 1. The summed E-state index contributed by atoms with van der Waals surface area (Å²) < 4.78 is 63.0. The molecule has 2 heterocycles. The topological polar surface area (TPSA) is 79.4 Å². The van der Waals surface area contributed by atoms with Crippen molar-refractivity contribution >= 4 is 32.2 Å². The number of anilines is 1. The van der Waals surface area contributed by atoms with Crippen molar-refractivity contribution in [2.45, 2.75) is 76.5 Å². The Morgan fingerprint density at radius 2 is 1.81 bits per heavy atom. The molecule has 1 aromatic carbocycles. The van der Waals surface area contributed by atoms with Crippen molar-refractivity contribution in [1.82, 2.24) is 9.88 Å². The molecule has 204 valence electrons. The zero-order valence-electron chi connectivity index (χ0n) is 21.3. The number of hydrogen-bond donors (Lipinski definition) is 1. The summed E-state index contributed by atoms with van der Waals surface area (Å²) in [6.45, 7) is 7.29. The fraction of sp³-hybridized carbons (Fsp3) is 0.615. The number of sulfone groups is 1. The molecule has 0 bridgehead atoms. The molecule has 1 atom stereocenters. The fourth-order valence-corrected chi connectivity index (χ4v) is 7.39. The van der Waals surface area contributed by atoms with E-state index in [1.165, 1.54) is 23.5 Å². The van der Waals surface area contributed by atoms with E-state index in [1.807, 2.05) is 0 Å². The highest BCUT2D eigenvalue weighted by molar-refractivity contribution is 7.91. The van der Waals surface area contributed by atoms with E-state index in [2.05, 4.69) is 24.1 Å². The Morgan fingerprint density at radius 1 is 1.16 bits per heavy atom. The van der Waals surface area contributed by atoms with Gasteiger partial charge in [-0.1, -0.05) is 32.9 Å². The number of nitrogens with one attached hydrogen (secondary N) is 1. The molecule has 1 fully saturated rings. The van der Waals surface area contributed by atoms with Crippen LogP contribution in [0.1, 0.15) is 68.6 Å². The molecule has 37 heavy (non-hydrogen) atoms. The van der Waals surface area contributed by atoms with Crippen LogP contribution in [0.5, 0.6) is 0 Å². The molecule has 1 aliphatic heterocycles. The number of rotatable bonds is 8. The number of halogens is 3. The molecule has 1 amide bonds. The van der Waals surface area contributed by atoms with Gasteiger partial charge in [0.2, 0.25) is 5.91 Å². The summed E-state index contributed by atoms with van der Waals surface area (Å²) in [6, 6.07) is 6.43. The number of hydrogen-bond acceptors (Lipinski definition) is 6. The van der Waals surface area contributed by atoms with Gasteiger partial charge in [0.1, 0.15) is 0 Å². The maximum Gasteiger partial charge on any atom is 0.391 e. The van der Waals surface area contributed by atoms with E-state index < -0.39 is 21.9 Å². The second kappa shape index (κ2) is 11.0. The number of alkyl halides is 3. The summed E-state index contributed by atoms with van der Waals surface area (Å²) in [6.07, 6.45) is -2.37. The van der Waals surface area contributed by atoms with Crippen molar-refractivity contribution < 1.29 is 26.4 Å². The molecule has 4 rings (SSSR count). The monoisotopic (exact) mass is 557 g/mol. The molecule has 1 aliphatic carbocycles. The molecule has 1 unspecified atom stereocenters. The number of aromatic nitrogens is 1. The third kappa shape index (κ3) is 6.54. The lowest BCUT2D eigenvalue weighted by Crippen LogP contribution is -2.35. The van der Waals surface area contributed by atoms with Crippen molar-refractivity contribution in [2.24, 2.45) is 17.8 Å². The minimum absolute atomic E-state index is 0.0233. The van der Waals surface area contributed by atoms with Crippen LogP contribution in [0.4, 0.5) is 18.3 Å². The molecule has 1 N–H and O–H groups in total. The van der Waals surface area contributed by atoms with Gasteiger partial charge in [-0.25, -0.2) is 13.4 Å². The van der Waals surface area contributed by atoms with Crippen LogP contribution in [0.15, 0.2) is 29.2 Å². The standard InChI is InChI=1S/C26H34F3N3O3S2/c1-4-37(34,35)20-11-7-17(8-12-20)13-22(33)30-25-31-23-21(36-25)15-32(24(23)16(2)3)14-18-5-9-19(10-6-18)26(27,28)29/h7-8,11-12,16,18-19,24H,4-6,9-10,13-15H2,1-3H3,(H,30,31,33)/t18-,19+,24?. The average Bonchev–Trinajstić information content (AvgIpc) is 3.35. The Balaban J connectivity index is 1.35. The number of thiazole rings is 1. The van der Waals surface area contributed by atoms with Gasteiger partial charge in [0.25, 0.3) is 0 Å². The summed E-state index contributed by atoms with van der Waals surface area (Å²) in [5.41, 5.74) is 1.66. The Hall–Kier alpha value is -1.98. The van der Waals surface area contributed by atoms with Crippen molar-refractivity contribution in [3.8, 4) is 0 Å². The van der Waals surface area contributed by atoms with Gasteiger partial charge in [-0.05, 0) is 55.2 Å². The lowest BCUT2D eigenvalue weighted by Gasteiger charge is -2.35. The predicted octanol–water partition coefficient (Wildman–Crippen LogP) is 6.00. The third-order valence-corrected chi connectivity index (χ3v) is 10.2. The Kier molecular flexibility index (Phi) is 8.35. The number of carbonyl (C=O) groups is 1. The zero-order valence-corrected chi connectivity index (χ0v) is 23.0. The van der Waals surface area contributed by atoms with Gasteiger partial charge < -0.3 is 5.32 Å². The van der Waals surface area contributed by atoms with E-state index >= 15 is 0 Å². The van der Waals surface area contributed by atoms with Gasteiger partial charge in [-0.2, -0.15) is 13.2 Å². The van der Waals surface area contributed by atoms with Crippen molar-refractivity contribution in [1.29, 1.82) is 0 Å². The minimum Gasteiger partial charge on any atom is -0.302 e. The smallest absolute Gasteiger partial charge is 0.302 e. The van der Waals surface area contributed by atoms with E-state index in [4.69, 9.17) is 4.98 Å². The predicted molar refractivity (Wildman–Crippen MR) is 138 cm³/mol. The van der Waals surface area contributed by atoms with E-state index in [-0.39, 0.29) is 53.7 Å². The number of carbonyl (C=O) groups excluding carboxylic acids is 1. The van der Waals surface area contributed by atoms with Crippen LogP contribution < -0.4 is 5.32 Å². The number of fused-ring (bicyclic) bond motifs is 1. The first-order valence-electron chi connectivity index (χ1n) is 12.8. The quantitative estimate of drug-likeness (QED) is 0.431. The van der Waals surface area contributed by atoms with E-state index in [9.17, 15) is 26.4 Å². The highest BCUT2D eigenvalue weighted by Crippen LogP contribution is 2.45. The molecule has 0 radical (unpaired) electrons. The summed E-state index contributed by atoms with van der Waals surface area (Å²) in [5, 5.41) is 3.41. The summed E-state index contributed by atoms with van der Waals surface area (Å²) in [5.74, 6) is -0.837. The molecule has 11 heteroatoms. The van der Waals surface area contributed by atoms with Gasteiger partial charge in [-0.15, -0.1) is 11.3 Å². The van der Waals surface area contributed by atoms with Gasteiger partial charge in [-0.3, -0.25) is 9.69 Å².